The number of para-hydroxylation sites is 1. The second kappa shape index (κ2) is 10.5. The number of amides is 2. The molecule has 0 aliphatic heterocycles. The highest BCUT2D eigenvalue weighted by molar-refractivity contribution is 5.97. The zero-order valence-electron chi connectivity index (χ0n) is 18.2. The monoisotopic (exact) mass is 415 g/mol. The van der Waals surface area contributed by atoms with E-state index < -0.39 is 6.04 Å². The highest BCUT2D eigenvalue weighted by atomic mass is 16.2. The van der Waals surface area contributed by atoms with Gasteiger partial charge in [0.05, 0.1) is 6.54 Å². The highest BCUT2D eigenvalue weighted by Crippen LogP contribution is 2.20. The van der Waals surface area contributed by atoms with Crippen molar-refractivity contribution in [3.8, 4) is 0 Å². The number of anilines is 2. The van der Waals surface area contributed by atoms with E-state index in [1.165, 1.54) is 0 Å². The van der Waals surface area contributed by atoms with Crippen LogP contribution >= 0.6 is 0 Å². The van der Waals surface area contributed by atoms with Crippen molar-refractivity contribution in [3.05, 3.63) is 95.1 Å². The lowest BCUT2D eigenvalue weighted by Crippen LogP contribution is -2.38. The summed E-state index contributed by atoms with van der Waals surface area (Å²) < 4.78 is 0. The SMILES string of the molecule is CCc1ccccc1NC(=O)CN[C@H](C(=O)Nc1cc(C)ccc1C)c1ccccc1. The number of benzene rings is 3. The van der Waals surface area contributed by atoms with Crippen molar-refractivity contribution in [2.75, 3.05) is 17.2 Å². The van der Waals surface area contributed by atoms with E-state index in [0.717, 1.165) is 40.0 Å². The van der Waals surface area contributed by atoms with Crippen LogP contribution in [0.15, 0.2) is 72.8 Å². The highest BCUT2D eigenvalue weighted by Gasteiger charge is 2.22. The van der Waals surface area contributed by atoms with E-state index in [4.69, 9.17) is 0 Å². The maximum Gasteiger partial charge on any atom is 0.246 e. The molecule has 3 aromatic rings. The molecule has 0 aliphatic carbocycles. The van der Waals surface area contributed by atoms with Crippen molar-refractivity contribution >= 4 is 23.2 Å². The van der Waals surface area contributed by atoms with E-state index in [2.05, 4.69) is 16.0 Å². The van der Waals surface area contributed by atoms with Crippen LogP contribution in [0.4, 0.5) is 11.4 Å². The third-order valence-electron chi connectivity index (χ3n) is 5.19. The molecule has 3 N–H and O–H groups in total. The largest absolute Gasteiger partial charge is 0.325 e. The summed E-state index contributed by atoms with van der Waals surface area (Å²) in [6.07, 6.45) is 0.828. The van der Waals surface area contributed by atoms with E-state index in [0.29, 0.717) is 0 Å². The summed E-state index contributed by atoms with van der Waals surface area (Å²) in [7, 11) is 0. The van der Waals surface area contributed by atoms with Gasteiger partial charge in [-0.25, -0.2) is 0 Å². The van der Waals surface area contributed by atoms with Crippen LogP contribution in [0.2, 0.25) is 0 Å². The first-order valence-corrected chi connectivity index (χ1v) is 10.5. The van der Waals surface area contributed by atoms with Gasteiger partial charge in [-0.15, -0.1) is 0 Å². The van der Waals surface area contributed by atoms with E-state index in [1.54, 1.807) is 0 Å². The molecular formula is C26H29N3O2. The van der Waals surface area contributed by atoms with Gasteiger partial charge in [-0.1, -0.05) is 67.6 Å². The number of carbonyl (C=O) groups excluding carboxylic acids is 2. The normalized spacial score (nSPS) is 11.6. The first-order valence-electron chi connectivity index (χ1n) is 10.5. The number of hydrogen-bond donors (Lipinski definition) is 3. The Balaban J connectivity index is 1.73. The average molecular weight is 416 g/mol. The zero-order valence-corrected chi connectivity index (χ0v) is 18.2. The van der Waals surface area contributed by atoms with Gasteiger partial charge in [0.1, 0.15) is 6.04 Å². The zero-order chi connectivity index (χ0) is 22.2. The quantitative estimate of drug-likeness (QED) is 0.496. The second-order valence-corrected chi connectivity index (χ2v) is 7.59. The maximum atomic E-state index is 13.1. The Hall–Kier alpha value is -3.44. The van der Waals surface area contributed by atoms with Gasteiger partial charge in [0.25, 0.3) is 0 Å². The topological polar surface area (TPSA) is 70.2 Å². The van der Waals surface area contributed by atoms with Crippen molar-refractivity contribution in [1.29, 1.82) is 0 Å². The summed E-state index contributed by atoms with van der Waals surface area (Å²) in [6, 6.07) is 22.4. The number of hydrogen-bond acceptors (Lipinski definition) is 3. The molecule has 0 fully saturated rings. The summed E-state index contributed by atoms with van der Waals surface area (Å²) in [5.74, 6) is -0.400. The van der Waals surface area contributed by atoms with Gasteiger partial charge in [-0.3, -0.25) is 14.9 Å². The summed E-state index contributed by atoms with van der Waals surface area (Å²) in [6.45, 7) is 6.00. The lowest BCUT2D eigenvalue weighted by molar-refractivity contribution is -0.119. The summed E-state index contributed by atoms with van der Waals surface area (Å²) >= 11 is 0. The first kappa shape index (κ1) is 22.2. The molecule has 160 valence electrons. The summed E-state index contributed by atoms with van der Waals surface area (Å²) in [5, 5.41) is 9.07. The molecule has 2 amide bonds. The Morgan fingerprint density at radius 1 is 0.839 bits per heavy atom. The Bertz CT molecular complexity index is 1050. The lowest BCUT2D eigenvalue weighted by Gasteiger charge is -2.20. The fraction of sp³-hybridized carbons (Fsp3) is 0.231. The molecule has 0 spiro atoms. The first-order chi connectivity index (χ1) is 15.0. The Labute approximate surface area is 183 Å². The minimum absolute atomic E-state index is 0.0117. The van der Waals surface area contributed by atoms with Gasteiger partial charge in [0.2, 0.25) is 11.8 Å². The molecule has 0 bridgehead atoms. The number of aryl methyl sites for hydroxylation is 3. The molecule has 0 saturated carbocycles. The smallest absolute Gasteiger partial charge is 0.246 e. The minimum atomic E-state index is -0.659. The molecule has 0 saturated heterocycles. The molecule has 0 aliphatic rings. The van der Waals surface area contributed by atoms with Gasteiger partial charge < -0.3 is 10.6 Å². The Morgan fingerprint density at radius 3 is 2.29 bits per heavy atom. The third-order valence-corrected chi connectivity index (χ3v) is 5.19. The second-order valence-electron chi connectivity index (χ2n) is 7.59. The van der Waals surface area contributed by atoms with Crippen LogP contribution in [0.3, 0.4) is 0 Å². The molecule has 31 heavy (non-hydrogen) atoms. The van der Waals surface area contributed by atoms with Crippen LogP contribution in [0.5, 0.6) is 0 Å². The van der Waals surface area contributed by atoms with E-state index >= 15 is 0 Å². The van der Waals surface area contributed by atoms with Crippen LogP contribution in [0.25, 0.3) is 0 Å². The van der Waals surface area contributed by atoms with Crippen LogP contribution in [0, 0.1) is 13.8 Å². The number of rotatable bonds is 8. The minimum Gasteiger partial charge on any atom is -0.325 e. The average Bonchev–Trinajstić information content (AvgIpc) is 2.77. The molecule has 0 aromatic heterocycles. The van der Waals surface area contributed by atoms with Gasteiger partial charge in [0, 0.05) is 11.4 Å². The summed E-state index contributed by atoms with van der Waals surface area (Å²) in [4.78, 5) is 25.7. The maximum absolute atomic E-state index is 13.1. The predicted molar refractivity (Wildman–Crippen MR) is 126 cm³/mol. The van der Waals surface area contributed by atoms with E-state index in [1.807, 2.05) is 93.6 Å². The predicted octanol–water partition coefficient (Wildman–Crippen LogP) is 4.77. The number of carbonyl (C=O) groups is 2. The molecule has 5 heteroatoms. The molecule has 0 heterocycles. The Morgan fingerprint density at radius 2 is 1.55 bits per heavy atom. The molecule has 3 aromatic carbocycles. The van der Waals surface area contributed by atoms with Gasteiger partial charge >= 0.3 is 0 Å². The molecular weight excluding hydrogens is 386 g/mol. The standard InChI is InChI=1S/C26H29N3O2/c1-4-20-10-8-9-13-22(20)28-24(30)17-27-25(21-11-6-5-7-12-21)26(31)29-23-16-18(2)14-15-19(23)3/h5-16,25,27H,4,17H2,1-3H3,(H,28,30)(H,29,31)/t25-/m0/s1. The molecule has 5 nitrogen and oxygen atoms in total. The van der Waals surface area contributed by atoms with Crippen molar-refractivity contribution in [1.82, 2.24) is 5.32 Å². The fourth-order valence-corrected chi connectivity index (χ4v) is 3.42. The van der Waals surface area contributed by atoms with Crippen LogP contribution in [-0.2, 0) is 16.0 Å². The van der Waals surface area contributed by atoms with Crippen molar-refractivity contribution < 1.29 is 9.59 Å². The third kappa shape index (κ3) is 6.03. The lowest BCUT2D eigenvalue weighted by atomic mass is 10.1. The summed E-state index contributed by atoms with van der Waals surface area (Å²) in [5.41, 5.74) is 5.50. The molecule has 0 radical (unpaired) electrons. The van der Waals surface area contributed by atoms with Crippen molar-refractivity contribution in [3.63, 3.8) is 0 Å². The van der Waals surface area contributed by atoms with E-state index in [-0.39, 0.29) is 18.4 Å². The van der Waals surface area contributed by atoms with Gasteiger partial charge in [-0.05, 0) is 54.7 Å². The van der Waals surface area contributed by atoms with Crippen LogP contribution in [-0.4, -0.2) is 18.4 Å². The van der Waals surface area contributed by atoms with Crippen molar-refractivity contribution in [2.45, 2.75) is 33.2 Å². The Kier molecular flexibility index (Phi) is 7.57. The fourth-order valence-electron chi connectivity index (χ4n) is 3.42. The molecule has 3 rings (SSSR count). The van der Waals surface area contributed by atoms with Gasteiger partial charge in [0.15, 0.2) is 0 Å². The molecule has 0 unspecified atom stereocenters. The van der Waals surface area contributed by atoms with Crippen molar-refractivity contribution in [2.24, 2.45) is 0 Å². The van der Waals surface area contributed by atoms with Crippen LogP contribution < -0.4 is 16.0 Å². The van der Waals surface area contributed by atoms with Crippen LogP contribution in [0.1, 0.15) is 35.2 Å². The number of nitrogens with one attached hydrogen (secondary N) is 3. The molecule has 1 atom stereocenters. The van der Waals surface area contributed by atoms with Gasteiger partial charge in [-0.2, -0.15) is 0 Å². The van der Waals surface area contributed by atoms with E-state index in [9.17, 15) is 9.59 Å².